The Bertz CT molecular complexity index is 411. The molecule has 0 radical (unpaired) electrons. The number of carbonyl (C=O) groups excluding carboxylic acids is 1. The highest BCUT2D eigenvalue weighted by atomic mass is 16.5. The Morgan fingerprint density at radius 2 is 2.11 bits per heavy atom. The molecule has 1 aromatic carbocycles. The van der Waals surface area contributed by atoms with Gasteiger partial charge in [0.1, 0.15) is 5.60 Å². The van der Waals surface area contributed by atoms with Crippen molar-refractivity contribution in [2.45, 2.75) is 38.9 Å². The lowest BCUT2D eigenvalue weighted by atomic mass is 10.0. The number of amides is 1. The number of hydrogen-bond donors (Lipinski definition) is 2. The third-order valence-corrected chi connectivity index (χ3v) is 3.26. The molecule has 0 aliphatic carbocycles. The standard InChI is InChI=1S/C14H21NO3/c1-5-14(3,18-4)13(17)15-12-9-7-6-8-11(12)10(2)16/h6-10,16H,5H2,1-4H3,(H,15,17). The van der Waals surface area contributed by atoms with E-state index in [4.69, 9.17) is 4.74 Å². The summed E-state index contributed by atoms with van der Waals surface area (Å²) < 4.78 is 5.25. The Labute approximate surface area is 108 Å². The predicted octanol–water partition coefficient (Wildman–Crippen LogP) is 2.49. The van der Waals surface area contributed by atoms with E-state index < -0.39 is 11.7 Å². The number of benzene rings is 1. The molecule has 0 aliphatic rings. The molecule has 0 saturated heterocycles. The van der Waals surface area contributed by atoms with Crippen LogP contribution in [0.3, 0.4) is 0 Å². The maximum Gasteiger partial charge on any atom is 0.256 e. The number of rotatable bonds is 5. The van der Waals surface area contributed by atoms with Crippen LogP contribution in [0, 0.1) is 0 Å². The lowest BCUT2D eigenvalue weighted by Gasteiger charge is -2.26. The van der Waals surface area contributed by atoms with Crippen molar-refractivity contribution in [3.63, 3.8) is 0 Å². The second kappa shape index (κ2) is 5.98. The molecule has 2 N–H and O–H groups in total. The molecular formula is C14H21NO3. The Morgan fingerprint density at radius 1 is 1.50 bits per heavy atom. The summed E-state index contributed by atoms with van der Waals surface area (Å²) in [5.74, 6) is -0.208. The maximum absolute atomic E-state index is 12.2. The summed E-state index contributed by atoms with van der Waals surface area (Å²) >= 11 is 0. The molecule has 0 saturated carbocycles. The Balaban J connectivity index is 2.95. The highest BCUT2D eigenvalue weighted by Gasteiger charge is 2.31. The van der Waals surface area contributed by atoms with Crippen LogP contribution < -0.4 is 5.32 Å². The summed E-state index contributed by atoms with van der Waals surface area (Å²) in [4.78, 5) is 12.2. The first-order chi connectivity index (χ1) is 8.44. The average molecular weight is 251 g/mol. The van der Waals surface area contributed by atoms with Crippen molar-refractivity contribution in [2.75, 3.05) is 12.4 Å². The minimum Gasteiger partial charge on any atom is -0.389 e. The van der Waals surface area contributed by atoms with Crippen molar-refractivity contribution in [1.29, 1.82) is 0 Å². The van der Waals surface area contributed by atoms with Crippen LogP contribution >= 0.6 is 0 Å². The largest absolute Gasteiger partial charge is 0.389 e. The zero-order valence-corrected chi connectivity index (χ0v) is 11.4. The molecule has 2 unspecified atom stereocenters. The summed E-state index contributed by atoms with van der Waals surface area (Å²) in [5.41, 5.74) is 0.459. The summed E-state index contributed by atoms with van der Waals surface area (Å²) in [6.45, 7) is 5.30. The van der Waals surface area contributed by atoms with Crippen molar-refractivity contribution in [3.8, 4) is 0 Å². The molecule has 4 heteroatoms. The van der Waals surface area contributed by atoms with Gasteiger partial charge >= 0.3 is 0 Å². The first kappa shape index (κ1) is 14.7. The number of methoxy groups -OCH3 is 1. The van der Waals surface area contributed by atoms with Crippen molar-refractivity contribution < 1.29 is 14.6 Å². The number of nitrogens with one attached hydrogen (secondary N) is 1. The van der Waals surface area contributed by atoms with Gasteiger partial charge in [-0.25, -0.2) is 0 Å². The quantitative estimate of drug-likeness (QED) is 0.845. The van der Waals surface area contributed by atoms with Crippen LogP contribution in [0.4, 0.5) is 5.69 Å². The average Bonchev–Trinajstić information content (AvgIpc) is 2.38. The van der Waals surface area contributed by atoms with Gasteiger partial charge in [-0.3, -0.25) is 4.79 Å². The topological polar surface area (TPSA) is 58.6 Å². The van der Waals surface area contributed by atoms with E-state index in [2.05, 4.69) is 5.32 Å². The molecule has 1 aromatic rings. The fourth-order valence-electron chi connectivity index (χ4n) is 1.63. The van der Waals surface area contributed by atoms with Gasteiger partial charge in [0.05, 0.1) is 6.10 Å². The van der Waals surface area contributed by atoms with E-state index in [1.54, 1.807) is 26.0 Å². The fourth-order valence-corrected chi connectivity index (χ4v) is 1.63. The van der Waals surface area contributed by atoms with Gasteiger partial charge in [0, 0.05) is 18.4 Å². The Morgan fingerprint density at radius 3 is 2.61 bits per heavy atom. The third-order valence-electron chi connectivity index (χ3n) is 3.26. The molecule has 0 aromatic heterocycles. The van der Waals surface area contributed by atoms with Crippen molar-refractivity contribution in [3.05, 3.63) is 29.8 Å². The summed E-state index contributed by atoms with van der Waals surface area (Å²) in [6.07, 6.45) is -0.0523. The number of para-hydroxylation sites is 1. The lowest BCUT2D eigenvalue weighted by molar-refractivity contribution is -0.136. The number of anilines is 1. The molecule has 0 fully saturated rings. The van der Waals surface area contributed by atoms with Crippen LogP contribution in [0.15, 0.2) is 24.3 Å². The molecule has 1 amide bonds. The molecule has 18 heavy (non-hydrogen) atoms. The molecule has 4 nitrogen and oxygen atoms in total. The van der Waals surface area contributed by atoms with Crippen LogP contribution in [0.1, 0.15) is 38.9 Å². The van der Waals surface area contributed by atoms with Gasteiger partial charge in [-0.1, -0.05) is 25.1 Å². The summed E-state index contributed by atoms with van der Waals surface area (Å²) in [5, 5.41) is 12.5. The molecule has 0 aliphatic heterocycles. The zero-order chi connectivity index (χ0) is 13.8. The first-order valence-corrected chi connectivity index (χ1v) is 6.08. The van der Waals surface area contributed by atoms with E-state index in [0.29, 0.717) is 17.7 Å². The molecule has 100 valence electrons. The SMILES string of the molecule is CCC(C)(OC)C(=O)Nc1ccccc1C(C)O. The Kier molecular flexibility index (Phi) is 4.87. The summed E-state index contributed by atoms with van der Waals surface area (Å²) in [7, 11) is 1.52. The van der Waals surface area contributed by atoms with Gasteiger partial charge in [0.2, 0.25) is 0 Å². The van der Waals surface area contributed by atoms with E-state index >= 15 is 0 Å². The number of ether oxygens (including phenoxy) is 1. The van der Waals surface area contributed by atoms with Crippen LogP contribution in [0.25, 0.3) is 0 Å². The van der Waals surface area contributed by atoms with E-state index in [9.17, 15) is 9.90 Å². The van der Waals surface area contributed by atoms with E-state index in [0.717, 1.165) is 0 Å². The highest BCUT2D eigenvalue weighted by Crippen LogP contribution is 2.24. The normalized spacial score (nSPS) is 15.8. The lowest BCUT2D eigenvalue weighted by Crippen LogP contribution is -2.41. The second-order valence-corrected chi connectivity index (χ2v) is 4.51. The van der Waals surface area contributed by atoms with Gasteiger partial charge in [-0.05, 0) is 26.3 Å². The predicted molar refractivity (Wildman–Crippen MR) is 71.4 cm³/mol. The number of carbonyl (C=O) groups is 1. The van der Waals surface area contributed by atoms with Crippen LogP contribution in [0.2, 0.25) is 0 Å². The van der Waals surface area contributed by atoms with Gasteiger partial charge in [-0.2, -0.15) is 0 Å². The fraction of sp³-hybridized carbons (Fsp3) is 0.500. The van der Waals surface area contributed by atoms with Crippen molar-refractivity contribution >= 4 is 11.6 Å². The van der Waals surface area contributed by atoms with Crippen LogP contribution in [-0.2, 0) is 9.53 Å². The first-order valence-electron chi connectivity index (χ1n) is 6.08. The highest BCUT2D eigenvalue weighted by molar-refractivity contribution is 5.97. The molecule has 2 atom stereocenters. The molecule has 0 bridgehead atoms. The number of aliphatic hydroxyl groups is 1. The molecular weight excluding hydrogens is 230 g/mol. The molecule has 0 spiro atoms. The maximum atomic E-state index is 12.2. The van der Waals surface area contributed by atoms with Crippen molar-refractivity contribution in [1.82, 2.24) is 0 Å². The van der Waals surface area contributed by atoms with E-state index in [1.807, 2.05) is 19.1 Å². The van der Waals surface area contributed by atoms with Gasteiger partial charge in [0.25, 0.3) is 5.91 Å². The van der Waals surface area contributed by atoms with Crippen molar-refractivity contribution in [2.24, 2.45) is 0 Å². The molecule has 1 rings (SSSR count). The van der Waals surface area contributed by atoms with Gasteiger partial charge in [-0.15, -0.1) is 0 Å². The third kappa shape index (κ3) is 3.09. The number of aliphatic hydroxyl groups excluding tert-OH is 1. The smallest absolute Gasteiger partial charge is 0.256 e. The monoisotopic (exact) mass is 251 g/mol. The minimum atomic E-state index is -0.855. The van der Waals surface area contributed by atoms with Crippen LogP contribution in [0.5, 0.6) is 0 Å². The molecule has 0 heterocycles. The second-order valence-electron chi connectivity index (χ2n) is 4.51. The van der Waals surface area contributed by atoms with E-state index in [-0.39, 0.29) is 5.91 Å². The number of hydrogen-bond acceptors (Lipinski definition) is 3. The minimum absolute atomic E-state index is 0.208. The van der Waals surface area contributed by atoms with Crippen LogP contribution in [-0.4, -0.2) is 23.7 Å². The Hall–Kier alpha value is -1.39. The summed E-state index contributed by atoms with van der Waals surface area (Å²) in [6, 6.07) is 7.20. The van der Waals surface area contributed by atoms with E-state index in [1.165, 1.54) is 7.11 Å². The van der Waals surface area contributed by atoms with Gasteiger partial charge in [0.15, 0.2) is 0 Å². The van der Waals surface area contributed by atoms with Gasteiger partial charge < -0.3 is 15.2 Å². The zero-order valence-electron chi connectivity index (χ0n) is 11.4.